The van der Waals surface area contributed by atoms with E-state index >= 15 is 0 Å². The third-order valence-corrected chi connectivity index (χ3v) is 2.68. The Hall–Kier alpha value is 1.30. The summed E-state index contributed by atoms with van der Waals surface area (Å²) in [5.41, 5.74) is 0. The molecule has 9 heteroatoms. The third-order valence-electron chi connectivity index (χ3n) is 0.298. The van der Waals surface area contributed by atoms with Crippen LogP contribution in [0, 0.1) is 0 Å². The van der Waals surface area contributed by atoms with Crippen LogP contribution in [0.25, 0.3) is 0 Å². The summed E-state index contributed by atoms with van der Waals surface area (Å²) in [5.74, 6) is 0. The van der Waals surface area contributed by atoms with Crippen LogP contribution in [0.15, 0.2) is 0 Å². The third kappa shape index (κ3) is 12.0. The first-order valence-electron chi connectivity index (χ1n) is 1.61. The number of rotatable bonds is 2. The summed E-state index contributed by atoms with van der Waals surface area (Å²) in [5, 5.41) is -1.65. The topological polar surface area (TPSA) is 109 Å². The van der Waals surface area contributed by atoms with E-state index in [2.05, 4.69) is 0 Å². The molecule has 0 aromatic carbocycles. The van der Waals surface area contributed by atoms with Crippen LogP contribution in [0.5, 0.6) is 0 Å². The molecule has 0 aliphatic carbocycles. The maximum atomic E-state index is 9.66. The molecule has 60 valence electrons. The van der Waals surface area contributed by atoms with Crippen molar-refractivity contribution in [1.29, 1.82) is 0 Å². The Morgan fingerprint density at radius 1 is 0.900 bits per heavy atom. The van der Waals surface area contributed by atoms with E-state index in [1.807, 2.05) is 0 Å². The minimum absolute atomic E-state index is 0. The van der Waals surface area contributed by atoms with Crippen LogP contribution in [-0.2, 0) is 20.2 Å². The second-order valence-corrected chi connectivity index (χ2v) is 4.55. The molecule has 0 aliphatic heterocycles. The molecule has 2 N–H and O–H groups in total. The van der Waals surface area contributed by atoms with Crippen LogP contribution in [0.3, 0.4) is 0 Å². The maximum absolute atomic E-state index is 9.66. The zero-order chi connectivity index (χ0) is 7.71. The van der Waals surface area contributed by atoms with Gasteiger partial charge < -0.3 is 0 Å². The van der Waals surface area contributed by atoms with Crippen molar-refractivity contribution in [2.24, 2.45) is 0 Å². The molecule has 0 rings (SSSR count). The van der Waals surface area contributed by atoms with Crippen LogP contribution < -0.4 is 0 Å². The van der Waals surface area contributed by atoms with Crippen LogP contribution in [0.1, 0.15) is 0 Å². The Morgan fingerprint density at radius 2 is 1.10 bits per heavy atom. The summed E-state index contributed by atoms with van der Waals surface area (Å²) in [6.07, 6.45) is 0. The van der Waals surface area contributed by atoms with Crippen molar-refractivity contribution in [3.63, 3.8) is 0 Å². The average molecular weight is 266 g/mol. The Kier molecular flexibility index (Phi) is 6.04. The van der Waals surface area contributed by atoms with Crippen molar-refractivity contribution in [3.8, 4) is 0 Å². The van der Waals surface area contributed by atoms with Crippen molar-refractivity contribution < 1.29 is 25.9 Å². The zero-order valence-electron chi connectivity index (χ0n) is 4.05. The van der Waals surface area contributed by atoms with Gasteiger partial charge in [0.05, 0.1) is 0 Å². The van der Waals surface area contributed by atoms with Gasteiger partial charge >= 0.3 is 45.5 Å². The van der Waals surface area contributed by atoms with Gasteiger partial charge in [-0.05, 0) is 0 Å². The minimum atomic E-state index is -4.62. The molecule has 0 heterocycles. The first-order chi connectivity index (χ1) is 3.71. The molecular formula is CH6O6S2Sr. The van der Waals surface area contributed by atoms with Crippen molar-refractivity contribution in [1.82, 2.24) is 0 Å². The SMILES string of the molecule is O=S(=O)(O)CS(=O)(=O)O.[SrH2]. The van der Waals surface area contributed by atoms with Crippen molar-refractivity contribution in [3.05, 3.63) is 0 Å². The summed E-state index contributed by atoms with van der Waals surface area (Å²) < 4.78 is 54.2. The molecule has 0 bridgehead atoms. The predicted molar refractivity (Wildman–Crippen MR) is 36.5 cm³/mol. The van der Waals surface area contributed by atoms with Gasteiger partial charge in [0, 0.05) is 0 Å². The molecule has 10 heavy (non-hydrogen) atoms. The van der Waals surface area contributed by atoms with Crippen molar-refractivity contribution in [2.75, 3.05) is 5.08 Å². The summed E-state index contributed by atoms with van der Waals surface area (Å²) in [7, 11) is -9.24. The summed E-state index contributed by atoms with van der Waals surface area (Å²) >= 11 is 0. The Balaban J connectivity index is 0. The van der Waals surface area contributed by atoms with Crippen molar-refractivity contribution in [2.45, 2.75) is 0 Å². The van der Waals surface area contributed by atoms with Crippen molar-refractivity contribution >= 4 is 65.7 Å². The van der Waals surface area contributed by atoms with E-state index in [-0.39, 0.29) is 45.5 Å². The molecule has 6 nitrogen and oxygen atoms in total. The van der Waals surface area contributed by atoms with E-state index in [9.17, 15) is 16.8 Å². The Bertz CT molecular complexity index is 241. The fraction of sp³-hybridized carbons (Fsp3) is 1.00. The summed E-state index contributed by atoms with van der Waals surface area (Å²) in [6.45, 7) is 0. The fourth-order valence-corrected chi connectivity index (χ4v) is 1.69. The molecule has 0 atom stereocenters. The van der Waals surface area contributed by atoms with E-state index in [1.165, 1.54) is 0 Å². The average Bonchev–Trinajstić information content (AvgIpc) is 1.14. The van der Waals surface area contributed by atoms with E-state index in [4.69, 9.17) is 9.11 Å². The first kappa shape index (κ1) is 13.9. The molecule has 0 unspecified atom stereocenters. The van der Waals surface area contributed by atoms with Gasteiger partial charge in [-0.2, -0.15) is 16.8 Å². The van der Waals surface area contributed by atoms with Gasteiger partial charge in [-0.1, -0.05) is 0 Å². The molecule has 0 aliphatic rings. The number of hydrogen-bond donors (Lipinski definition) is 2. The molecule has 0 saturated heterocycles. The van der Waals surface area contributed by atoms with Crippen LogP contribution in [-0.4, -0.2) is 76.5 Å². The quantitative estimate of drug-likeness (QED) is 0.433. The number of hydrogen-bond acceptors (Lipinski definition) is 4. The van der Waals surface area contributed by atoms with E-state index < -0.39 is 25.3 Å². The molecule has 0 radical (unpaired) electrons. The predicted octanol–water partition coefficient (Wildman–Crippen LogP) is -2.20. The standard InChI is InChI=1S/CH4O6S2.Sr.2H/c2-8(3,4)1-9(5,6)7;;;/h1H2,(H,2,3,4)(H,5,6,7);;;. The van der Waals surface area contributed by atoms with Gasteiger partial charge in [-0.25, -0.2) is 0 Å². The van der Waals surface area contributed by atoms with Gasteiger partial charge in [-0.3, -0.25) is 9.11 Å². The fourth-order valence-electron chi connectivity index (χ4n) is 0.188. The molecular weight excluding hydrogens is 260 g/mol. The molecule has 0 amide bonds. The Morgan fingerprint density at radius 3 is 1.10 bits per heavy atom. The van der Waals surface area contributed by atoms with Gasteiger partial charge in [0.2, 0.25) is 5.08 Å². The molecule has 0 spiro atoms. The Labute approximate surface area is 95.4 Å². The summed E-state index contributed by atoms with van der Waals surface area (Å²) in [6, 6.07) is 0. The van der Waals surface area contributed by atoms with Crippen LogP contribution in [0.4, 0.5) is 0 Å². The van der Waals surface area contributed by atoms with E-state index in [0.717, 1.165) is 0 Å². The molecule has 0 saturated carbocycles. The van der Waals surface area contributed by atoms with E-state index in [1.54, 1.807) is 0 Å². The van der Waals surface area contributed by atoms with Gasteiger partial charge in [0.15, 0.2) is 0 Å². The first-order valence-corrected chi connectivity index (χ1v) is 4.83. The van der Waals surface area contributed by atoms with Gasteiger partial charge in [-0.15, -0.1) is 0 Å². The van der Waals surface area contributed by atoms with Crippen LogP contribution >= 0.6 is 0 Å². The molecule has 0 fully saturated rings. The second-order valence-electron chi connectivity index (χ2n) is 1.28. The normalized spacial score (nSPS) is 12.2. The van der Waals surface area contributed by atoms with Gasteiger partial charge in [0.1, 0.15) is 0 Å². The molecule has 0 aromatic heterocycles. The zero-order valence-corrected chi connectivity index (χ0v) is 5.68. The summed E-state index contributed by atoms with van der Waals surface area (Å²) in [4.78, 5) is 0. The second kappa shape index (κ2) is 4.36. The monoisotopic (exact) mass is 266 g/mol. The van der Waals surface area contributed by atoms with E-state index in [0.29, 0.717) is 0 Å². The van der Waals surface area contributed by atoms with Crippen LogP contribution in [0.2, 0.25) is 0 Å². The van der Waals surface area contributed by atoms with Gasteiger partial charge in [0.25, 0.3) is 20.2 Å². The molecule has 0 aromatic rings.